The zero-order valence-corrected chi connectivity index (χ0v) is 38.4. The third kappa shape index (κ3) is 40.0. The van der Waals surface area contributed by atoms with Gasteiger partial charge in [-0.05, 0) is 70.6 Å². The van der Waals surface area contributed by atoms with Crippen LogP contribution in [0.2, 0.25) is 0 Å². The molecule has 8 heteroatoms. The number of carboxylic acid groups (broad SMARTS) is 1. The fraction of sp³-hybridized carbons (Fsp3) is 0.706. The van der Waals surface area contributed by atoms with Gasteiger partial charge in [-0.3, -0.25) is 9.59 Å². The highest BCUT2D eigenvalue weighted by molar-refractivity contribution is 5.72. The summed E-state index contributed by atoms with van der Waals surface area (Å²) < 4.78 is 17.2. The van der Waals surface area contributed by atoms with E-state index in [1.807, 2.05) is 21.1 Å². The van der Waals surface area contributed by atoms with E-state index in [-0.39, 0.29) is 42.7 Å². The molecular weight excluding hydrogens is 739 g/mol. The fourth-order valence-corrected chi connectivity index (χ4v) is 6.46. The Bertz CT molecular complexity index is 1190. The molecule has 0 aromatic heterocycles. The molecular formula is C51H88NO7+. The number of quaternary nitrogens is 1. The number of hydrogen-bond donors (Lipinski definition) is 1. The third-order valence-corrected chi connectivity index (χ3v) is 10.1. The van der Waals surface area contributed by atoms with Gasteiger partial charge in [0, 0.05) is 19.3 Å². The van der Waals surface area contributed by atoms with Crippen molar-refractivity contribution in [1.29, 1.82) is 0 Å². The number of nitrogens with zero attached hydrogens (tertiary/aromatic N) is 1. The lowest BCUT2D eigenvalue weighted by Gasteiger charge is -2.31. The van der Waals surface area contributed by atoms with Gasteiger partial charge in [-0.2, -0.15) is 0 Å². The van der Waals surface area contributed by atoms with Crippen molar-refractivity contribution in [1.82, 2.24) is 0 Å². The lowest BCUT2D eigenvalue weighted by Crippen LogP contribution is -2.50. The van der Waals surface area contributed by atoms with Crippen molar-refractivity contribution in [2.75, 3.05) is 41.0 Å². The van der Waals surface area contributed by atoms with Crippen LogP contribution in [0, 0.1) is 0 Å². The second kappa shape index (κ2) is 41.5. The zero-order chi connectivity index (χ0) is 43.5. The molecule has 0 aliphatic carbocycles. The second-order valence-electron chi connectivity index (χ2n) is 16.7. The van der Waals surface area contributed by atoms with Gasteiger partial charge in [-0.15, -0.1) is 0 Å². The molecule has 1 N–H and O–H groups in total. The van der Waals surface area contributed by atoms with E-state index >= 15 is 0 Å². The molecule has 59 heavy (non-hydrogen) atoms. The summed E-state index contributed by atoms with van der Waals surface area (Å²) in [6.45, 7) is 4.63. The Labute approximate surface area is 361 Å². The average Bonchev–Trinajstić information content (AvgIpc) is 3.19. The Morgan fingerprint density at radius 1 is 0.525 bits per heavy atom. The van der Waals surface area contributed by atoms with Gasteiger partial charge < -0.3 is 23.8 Å². The molecule has 0 aliphatic rings. The highest BCUT2D eigenvalue weighted by Gasteiger charge is 2.31. The molecule has 0 heterocycles. The second-order valence-corrected chi connectivity index (χ2v) is 16.7. The number of ether oxygens (including phenoxy) is 3. The van der Waals surface area contributed by atoms with Crippen LogP contribution in [0.25, 0.3) is 0 Å². The molecule has 338 valence electrons. The Hall–Kier alpha value is -3.23. The standard InChI is InChI=1S/C51H87NO7/c1-6-8-10-12-14-16-18-20-22-24-26-28-30-32-34-36-38-40-42-50(54)59-47(45-57-44-43-48(51(55)56)52(3,4)5)46-58-49(53)41-39-37-35-33-31-29-27-25-23-21-19-17-15-13-11-9-7-2/h18,20-24,26-29,33,35,47-48H,6-17,19,25,30-32,34,36-46H2,1-5H3/p+1/b20-18+,23-21+,24-22+,28-26+,29-27+,35-33+. The maximum absolute atomic E-state index is 12.7. The molecule has 2 unspecified atom stereocenters. The Kier molecular flexibility index (Phi) is 39.2. The highest BCUT2D eigenvalue weighted by atomic mass is 16.6. The van der Waals surface area contributed by atoms with Gasteiger partial charge in [0.05, 0.1) is 34.4 Å². The zero-order valence-electron chi connectivity index (χ0n) is 38.4. The number of rotatable bonds is 41. The number of unbranched alkanes of at least 4 members (excludes halogenated alkanes) is 17. The van der Waals surface area contributed by atoms with E-state index in [9.17, 15) is 19.5 Å². The predicted octanol–water partition coefficient (Wildman–Crippen LogP) is 13.1. The Morgan fingerprint density at radius 2 is 0.983 bits per heavy atom. The minimum Gasteiger partial charge on any atom is -0.477 e. The number of esters is 2. The third-order valence-electron chi connectivity index (χ3n) is 10.1. The molecule has 0 aromatic carbocycles. The number of carboxylic acids is 1. The van der Waals surface area contributed by atoms with E-state index in [0.717, 1.165) is 64.2 Å². The molecule has 0 aromatic rings. The van der Waals surface area contributed by atoms with Gasteiger partial charge in [0.2, 0.25) is 0 Å². The smallest absolute Gasteiger partial charge is 0.362 e. The van der Waals surface area contributed by atoms with Gasteiger partial charge in [0.25, 0.3) is 0 Å². The summed E-state index contributed by atoms with van der Waals surface area (Å²) in [7, 11) is 5.50. The minimum atomic E-state index is -0.887. The van der Waals surface area contributed by atoms with Crippen molar-refractivity contribution in [3.05, 3.63) is 72.9 Å². The molecule has 0 amide bonds. The van der Waals surface area contributed by atoms with Gasteiger partial charge in [-0.25, -0.2) is 4.79 Å². The number of aliphatic carboxylic acids is 1. The first-order valence-corrected chi connectivity index (χ1v) is 23.5. The van der Waals surface area contributed by atoms with Crippen molar-refractivity contribution in [3.63, 3.8) is 0 Å². The van der Waals surface area contributed by atoms with Gasteiger partial charge in [0.1, 0.15) is 6.61 Å². The first kappa shape index (κ1) is 55.8. The number of likely N-dealkylation sites (N-methyl/N-ethyl adjacent to an activating group) is 1. The summed E-state index contributed by atoms with van der Waals surface area (Å²) in [5.74, 6) is -1.57. The average molecular weight is 827 g/mol. The molecule has 0 saturated heterocycles. The quantitative estimate of drug-likeness (QED) is 0.0215. The van der Waals surface area contributed by atoms with Crippen LogP contribution in [0.3, 0.4) is 0 Å². The minimum absolute atomic E-state index is 0.0335. The molecule has 0 aliphatic heterocycles. The van der Waals surface area contributed by atoms with E-state index in [2.05, 4.69) is 86.8 Å². The summed E-state index contributed by atoms with van der Waals surface area (Å²) in [5, 5.41) is 9.63. The van der Waals surface area contributed by atoms with Crippen molar-refractivity contribution in [3.8, 4) is 0 Å². The van der Waals surface area contributed by atoms with Gasteiger partial charge in [0.15, 0.2) is 12.1 Å². The summed E-state index contributed by atoms with van der Waals surface area (Å²) in [5.41, 5.74) is 0. The lowest BCUT2D eigenvalue weighted by atomic mass is 10.1. The van der Waals surface area contributed by atoms with Gasteiger partial charge in [-0.1, -0.05) is 164 Å². The van der Waals surface area contributed by atoms with Crippen LogP contribution in [0.1, 0.15) is 181 Å². The van der Waals surface area contributed by atoms with Crippen molar-refractivity contribution >= 4 is 17.9 Å². The first-order valence-electron chi connectivity index (χ1n) is 23.5. The van der Waals surface area contributed by atoms with E-state index in [1.54, 1.807) is 0 Å². The van der Waals surface area contributed by atoms with E-state index in [0.29, 0.717) is 19.3 Å². The summed E-state index contributed by atoms with van der Waals surface area (Å²) in [4.78, 5) is 37.0. The molecule has 0 spiro atoms. The number of hydrogen-bond acceptors (Lipinski definition) is 6. The number of allylic oxidation sites excluding steroid dienone is 12. The predicted molar refractivity (Wildman–Crippen MR) is 247 cm³/mol. The van der Waals surface area contributed by atoms with Crippen molar-refractivity contribution in [2.24, 2.45) is 0 Å². The fourth-order valence-electron chi connectivity index (χ4n) is 6.46. The van der Waals surface area contributed by atoms with Crippen LogP contribution < -0.4 is 0 Å². The summed E-state index contributed by atoms with van der Waals surface area (Å²) in [6, 6.07) is -0.629. The van der Waals surface area contributed by atoms with Crippen LogP contribution in [0.15, 0.2) is 72.9 Å². The SMILES string of the molecule is CCCCCCC/C=C/C=C/C=C/CCCCCCCC(=O)OC(COCCC(C(=O)O)[N+](C)(C)C)COC(=O)CCC/C=C/C/C=C/C/C=C/CCCCCCCC. The molecule has 8 nitrogen and oxygen atoms in total. The van der Waals surface area contributed by atoms with Crippen LogP contribution in [0.5, 0.6) is 0 Å². The highest BCUT2D eigenvalue weighted by Crippen LogP contribution is 2.13. The monoisotopic (exact) mass is 827 g/mol. The van der Waals surface area contributed by atoms with Crippen molar-refractivity contribution < 1.29 is 38.2 Å². The van der Waals surface area contributed by atoms with E-state index < -0.39 is 18.1 Å². The van der Waals surface area contributed by atoms with E-state index in [1.165, 1.54) is 77.0 Å². The molecule has 0 rings (SSSR count). The maximum atomic E-state index is 12.7. The van der Waals surface area contributed by atoms with Crippen LogP contribution >= 0.6 is 0 Å². The summed E-state index contributed by atoms with van der Waals surface area (Å²) in [6.07, 6.45) is 52.4. The van der Waals surface area contributed by atoms with Crippen LogP contribution in [-0.2, 0) is 28.6 Å². The maximum Gasteiger partial charge on any atom is 0.362 e. The molecule has 0 bridgehead atoms. The van der Waals surface area contributed by atoms with Crippen LogP contribution in [-0.4, -0.2) is 80.6 Å². The van der Waals surface area contributed by atoms with Crippen LogP contribution in [0.4, 0.5) is 0 Å². The molecule has 0 radical (unpaired) electrons. The first-order chi connectivity index (χ1) is 28.6. The number of carbonyl (C=O) groups excluding carboxylic acids is 2. The lowest BCUT2D eigenvalue weighted by molar-refractivity contribution is -0.887. The normalized spacial score (nSPS) is 13.6. The van der Waals surface area contributed by atoms with E-state index in [4.69, 9.17) is 14.2 Å². The molecule has 0 fully saturated rings. The topological polar surface area (TPSA) is 99.1 Å². The largest absolute Gasteiger partial charge is 0.477 e. The molecule has 2 atom stereocenters. The Morgan fingerprint density at radius 3 is 1.51 bits per heavy atom. The summed E-state index contributed by atoms with van der Waals surface area (Å²) >= 11 is 0. The molecule has 0 saturated carbocycles. The van der Waals surface area contributed by atoms with Gasteiger partial charge >= 0.3 is 17.9 Å². The number of carbonyl (C=O) groups is 3. The van der Waals surface area contributed by atoms with Crippen molar-refractivity contribution in [2.45, 2.75) is 193 Å². The Balaban J connectivity index is 4.45.